The minimum absolute atomic E-state index is 0.0441. The van der Waals surface area contributed by atoms with E-state index in [1.165, 1.54) is 4.68 Å². The third-order valence-electron chi connectivity index (χ3n) is 2.66. The zero-order valence-electron chi connectivity index (χ0n) is 10.1. The number of halogens is 3. The lowest BCUT2D eigenvalue weighted by molar-refractivity contribution is 0.276. The summed E-state index contributed by atoms with van der Waals surface area (Å²) in [6, 6.07) is 3.49. The van der Waals surface area contributed by atoms with E-state index in [9.17, 15) is 13.2 Å². The molecule has 0 saturated carbocycles. The van der Waals surface area contributed by atoms with E-state index in [1.54, 1.807) is 6.07 Å². The summed E-state index contributed by atoms with van der Waals surface area (Å²) in [6.07, 6.45) is 0.298. The number of aliphatic hydroxyl groups excluding tert-OH is 1. The molecule has 8 heteroatoms. The van der Waals surface area contributed by atoms with E-state index in [2.05, 4.69) is 10.3 Å². The molecular formula is C12H9F3N4O. The van der Waals surface area contributed by atoms with Gasteiger partial charge in [-0.15, -0.1) is 5.10 Å². The number of benzene rings is 1. The maximum atomic E-state index is 13.8. The first kappa shape index (κ1) is 14.0. The number of aryl methyl sites for hydroxylation is 1. The fraction of sp³-hybridized carbons (Fsp3) is 0.250. The molecule has 0 saturated heterocycles. The van der Waals surface area contributed by atoms with Crippen molar-refractivity contribution >= 4 is 0 Å². The molecule has 0 aliphatic carbocycles. The van der Waals surface area contributed by atoms with Crippen molar-refractivity contribution < 1.29 is 18.3 Å². The molecule has 1 aromatic heterocycles. The predicted molar refractivity (Wildman–Crippen MR) is 61.7 cm³/mol. The first-order valence-corrected chi connectivity index (χ1v) is 5.68. The number of aliphatic hydroxyl groups is 1. The molecule has 0 atom stereocenters. The van der Waals surface area contributed by atoms with Gasteiger partial charge in [-0.05, 0) is 18.6 Å². The quantitative estimate of drug-likeness (QED) is 0.865. The second kappa shape index (κ2) is 5.71. The van der Waals surface area contributed by atoms with Crippen molar-refractivity contribution in [3.63, 3.8) is 0 Å². The number of hydrogen-bond donors (Lipinski definition) is 1. The average Bonchev–Trinajstić information content (AvgIpc) is 2.85. The standard InChI is InChI=1S/C12H9F3N4O/c13-8-3-2-7(10(14)11(8)15)12-9(6-16)17-18-19(12)4-1-5-20/h2-3,20H,1,4-5H2. The lowest BCUT2D eigenvalue weighted by atomic mass is 10.1. The highest BCUT2D eigenvalue weighted by molar-refractivity contribution is 5.65. The Bertz CT molecular complexity index is 678. The van der Waals surface area contributed by atoms with Crippen molar-refractivity contribution in [2.45, 2.75) is 13.0 Å². The van der Waals surface area contributed by atoms with Crippen molar-refractivity contribution in [1.82, 2.24) is 15.0 Å². The number of rotatable bonds is 4. The molecule has 5 nitrogen and oxygen atoms in total. The molecule has 0 spiro atoms. The molecular weight excluding hydrogens is 273 g/mol. The molecule has 1 N–H and O–H groups in total. The maximum Gasteiger partial charge on any atom is 0.195 e. The molecule has 0 amide bonds. The molecule has 104 valence electrons. The van der Waals surface area contributed by atoms with Crippen LogP contribution in [0.5, 0.6) is 0 Å². The van der Waals surface area contributed by atoms with Gasteiger partial charge < -0.3 is 5.11 Å². The highest BCUT2D eigenvalue weighted by Crippen LogP contribution is 2.27. The maximum absolute atomic E-state index is 13.8. The Balaban J connectivity index is 2.59. The van der Waals surface area contributed by atoms with Gasteiger partial charge in [0.25, 0.3) is 0 Å². The van der Waals surface area contributed by atoms with Crippen LogP contribution >= 0.6 is 0 Å². The molecule has 0 bridgehead atoms. The minimum atomic E-state index is -1.62. The van der Waals surface area contributed by atoms with Crippen LogP contribution in [0.15, 0.2) is 12.1 Å². The average molecular weight is 282 g/mol. The number of aromatic nitrogens is 3. The summed E-state index contributed by atoms with van der Waals surface area (Å²) in [5.74, 6) is -4.35. The molecule has 0 unspecified atom stereocenters. The van der Waals surface area contributed by atoms with Gasteiger partial charge in [0.05, 0.1) is 0 Å². The summed E-state index contributed by atoms with van der Waals surface area (Å²) in [4.78, 5) is 0. The summed E-state index contributed by atoms with van der Waals surface area (Å²) < 4.78 is 41.2. The molecule has 0 aliphatic rings. The van der Waals surface area contributed by atoms with Gasteiger partial charge in [-0.2, -0.15) is 5.26 Å². The van der Waals surface area contributed by atoms with E-state index in [4.69, 9.17) is 10.4 Å². The molecule has 0 aliphatic heterocycles. The third kappa shape index (κ3) is 2.35. The van der Waals surface area contributed by atoms with Crippen molar-refractivity contribution in [2.24, 2.45) is 0 Å². The van der Waals surface area contributed by atoms with Crippen molar-refractivity contribution in [1.29, 1.82) is 5.26 Å². The Morgan fingerprint density at radius 3 is 2.65 bits per heavy atom. The largest absolute Gasteiger partial charge is 0.396 e. The summed E-state index contributed by atoms with van der Waals surface area (Å²) in [5.41, 5.74) is -0.548. The SMILES string of the molecule is N#Cc1nnn(CCCO)c1-c1ccc(F)c(F)c1F. The fourth-order valence-electron chi connectivity index (χ4n) is 1.74. The molecule has 0 radical (unpaired) electrons. The van der Waals surface area contributed by atoms with Crippen LogP contribution in [-0.4, -0.2) is 26.7 Å². The Morgan fingerprint density at radius 1 is 1.25 bits per heavy atom. The summed E-state index contributed by atoms with van der Waals surface area (Å²) in [5, 5.41) is 24.9. The Hall–Kier alpha value is -2.40. The highest BCUT2D eigenvalue weighted by Gasteiger charge is 2.22. The van der Waals surface area contributed by atoms with Gasteiger partial charge in [0.2, 0.25) is 0 Å². The monoisotopic (exact) mass is 282 g/mol. The van der Waals surface area contributed by atoms with Crippen molar-refractivity contribution in [3.05, 3.63) is 35.3 Å². The molecule has 20 heavy (non-hydrogen) atoms. The highest BCUT2D eigenvalue weighted by atomic mass is 19.2. The van der Waals surface area contributed by atoms with Crippen LogP contribution in [0.1, 0.15) is 12.1 Å². The Morgan fingerprint density at radius 2 is 2.00 bits per heavy atom. The van der Waals surface area contributed by atoms with Gasteiger partial charge in [0, 0.05) is 18.7 Å². The third-order valence-corrected chi connectivity index (χ3v) is 2.66. The van der Waals surface area contributed by atoms with Crippen LogP contribution in [0.25, 0.3) is 11.3 Å². The first-order valence-electron chi connectivity index (χ1n) is 5.68. The Kier molecular flexibility index (Phi) is 4.00. The molecule has 1 aromatic carbocycles. The predicted octanol–water partition coefficient (Wildman–Crippen LogP) is 1.62. The van der Waals surface area contributed by atoms with Gasteiger partial charge in [0.15, 0.2) is 23.1 Å². The normalized spacial score (nSPS) is 10.6. The summed E-state index contributed by atoms with van der Waals surface area (Å²) >= 11 is 0. The van der Waals surface area contributed by atoms with E-state index in [0.29, 0.717) is 6.42 Å². The van der Waals surface area contributed by atoms with Crippen LogP contribution in [0.2, 0.25) is 0 Å². The number of nitrogens with zero attached hydrogens (tertiary/aromatic N) is 4. The second-order valence-corrected chi connectivity index (χ2v) is 3.92. The zero-order chi connectivity index (χ0) is 14.7. The Labute approximate surface area is 111 Å². The van der Waals surface area contributed by atoms with Crippen molar-refractivity contribution in [3.8, 4) is 17.3 Å². The van der Waals surface area contributed by atoms with E-state index in [0.717, 1.165) is 12.1 Å². The van der Waals surface area contributed by atoms with Crippen LogP contribution < -0.4 is 0 Å². The van der Waals surface area contributed by atoms with Crippen LogP contribution in [0.4, 0.5) is 13.2 Å². The van der Waals surface area contributed by atoms with E-state index in [-0.39, 0.29) is 30.1 Å². The van der Waals surface area contributed by atoms with Crippen LogP contribution in [-0.2, 0) is 6.54 Å². The van der Waals surface area contributed by atoms with Crippen LogP contribution in [0.3, 0.4) is 0 Å². The minimum Gasteiger partial charge on any atom is -0.396 e. The number of nitriles is 1. The van der Waals surface area contributed by atoms with E-state index >= 15 is 0 Å². The zero-order valence-corrected chi connectivity index (χ0v) is 10.1. The summed E-state index contributed by atoms with van der Waals surface area (Å²) in [7, 11) is 0. The topological polar surface area (TPSA) is 74.7 Å². The van der Waals surface area contributed by atoms with Gasteiger partial charge in [-0.3, -0.25) is 0 Å². The molecule has 1 heterocycles. The molecule has 2 rings (SSSR count). The molecule has 0 fully saturated rings. The number of hydrogen-bond acceptors (Lipinski definition) is 4. The smallest absolute Gasteiger partial charge is 0.195 e. The van der Waals surface area contributed by atoms with Gasteiger partial charge in [-0.25, -0.2) is 17.9 Å². The van der Waals surface area contributed by atoms with Crippen LogP contribution in [0, 0.1) is 28.8 Å². The summed E-state index contributed by atoms with van der Waals surface area (Å²) in [6.45, 7) is 0.0282. The lowest BCUT2D eigenvalue weighted by Crippen LogP contribution is -2.06. The molecule has 2 aromatic rings. The van der Waals surface area contributed by atoms with Gasteiger partial charge in [0.1, 0.15) is 11.8 Å². The first-order chi connectivity index (χ1) is 9.60. The second-order valence-electron chi connectivity index (χ2n) is 3.92. The van der Waals surface area contributed by atoms with E-state index < -0.39 is 17.5 Å². The van der Waals surface area contributed by atoms with E-state index in [1.807, 2.05) is 0 Å². The van der Waals surface area contributed by atoms with Gasteiger partial charge in [-0.1, -0.05) is 5.21 Å². The fourth-order valence-corrected chi connectivity index (χ4v) is 1.74. The lowest BCUT2D eigenvalue weighted by Gasteiger charge is -2.07. The van der Waals surface area contributed by atoms with Gasteiger partial charge >= 0.3 is 0 Å². The van der Waals surface area contributed by atoms with Crippen molar-refractivity contribution in [2.75, 3.05) is 6.61 Å².